The molecule has 104 valence electrons. The van der Waals surface area contributed by atoms with Gasteiger partial charge in [0.2, 0.25) is 0 Å². The predicted octanol–water partition coefficient (Wildman–Crippen LogP) is 3.46. The first-order chi connectivity index (χ1) is 9.06. The van der Waals surface area contributed by atoms with Gasteiger partial charge < -0.3 is 10.0 Å². The van der Waals surface area contributed by atoms with Crippen molar-refractivity contribution in [2.24, 2.45) is 5.92 Å². The summed E-state index contributed by atoms with van der Waals surface area (Å²) in [5.74, 6) is 0.0257. The minimum atomic E-state index is -0.763. The van der Waals surface area contributed by atoms with Crippen molar-refractivity contribution in [1.29, 1.82) is 0 Å². The Balaban J connectivity index is 2.09. The molecule has 0 bridgehead atoms. The van der Waals surface area contributed by atoms with Crippen LogP contribution >= 0.6 is 0 Å². The number of carboxylic acid groups (broad SMARTS) is 1. The fraction of sp³-hybridized carbons (Fsp3) is 0.562. The fourth-order valence-corrected chi connectivity index (χ4v) is 2.72. The van der Waals surface area contributed by atoms with Crippen LogP contribution in [0.5, 0.6) is 0 Å². The third-order valence-corrected chi connectivity index (χ3v) is 4.10. The fourth-order valence-electron chi connectivity index (χ4n) is 2.72. The first kappa shape index (κ1) is 13.9. The molecule has 1 aliphatic rings. The molecular weight excluding hydrogens is 238 g/mol. The third-order valence-electron chi connectivity index (χ3n) is 4.10. The molecule has 0 spiro atoms. The molecule has 1 N–H and O–H groups in total. The van der Waals surface area contributed by atoms with Gasteiger partial charge in [-0.3, -0.25) is 4.79 Å². The average Bonchev–Trinajstić information content (AvgIpc) is 2.31. The number of rotatable bonds is 6. The normalized spacial score (nSPS) is 16.7. The van der Waals surface area contributed by atoms with Crippen LogP contribution in [0.4, 0.5) is 5.69 Å². The lowest BCUT2D eigenvalue weighted by atomic mass is 9.81. The Labute approximate surface area is 115 Å². The van der Waals surface area contributed by atoms with Crippen LogP contribution in [0.15, 0.2) is 24.3 Å². The number of carboxylic acids is 1. The molecule has 1 aromatic carbocycles. The van der Waals surface area contributed by atoms with E-state index in [0.29, 0.717) is 0 Å². The highest BCUT2D eigenvalue weighted by Crippen LogP contribution is 2.32. The van der Waals surface area contributed by atoms with Gasteiger partial charge >= 0.3 is 5.97 Å². The quantitative estimate of drug-likeness (QED) is 0.852. The molecule has 1 saturated carbocycles. The summed E-state index contributed by atoms with van der Waals surface area (Å²) in [6.45, 7) is 4.27. The Bertz CT molecular complexity index is 423. The number of carbonyl (C=O) groups is 1. The number of nitrogens with zero attached hydrogens (tertiary/aromatic N) is 1. The van der Waals surface area contributed by atoms with Gasteiger partial charge in [-0.2, -0.15) is 0 Å². The van der Waals surface area contributed by atoms with Gasteiger partial charge in [-0.1, -0.05) is 37.0 Å². The number of hydrogen-bond donors (Lipinski definition) is 1. The lowest BCUT2D eigenvalue weighted by Gasteiger charge is -2.35. The molecule has 1 atom stereocenters. The second-order valence-electron chi connectivity index (χ2n) is 5.74. The number of benzene rings is 1. The molecule has 1 aromatic rings. The molecule has 0 heterocycles. The van der Waals surface area contributed by atoms with Gasteiger partial charge in [-0.15, -0.1) is 0 Å². The van der Waals surface area contributed by atoms with Crippen LogP contribution in [-0.2, 0) is 4.79 Å². The SMILES string of the molecule is Cc1ccc(N(CC(=O)O)C(C)CC2CCC2)cc1. The van der Waals surface area contributed by atoms with Gasteiger partial charge in [0.05, 0.1) is 0 Å². The van der Waals surface area contributed by atoms with E-state index in [2.05, 4.69) is 6.92 Å². The Hall–Kier alpha value is -1.51. The Kier molecular flexibility index (Phi) is 4.46. The summed E-state index contributed by atoms with van der Waals surface area (Å²) < 4.78 is 0. The van der Waals surface area contributed by atoms with E-state index in [-0.39, 0.29) is 12.6 Å². The van der Waals surface area contributed by atoms with Gasteiger partial charge in [0.1, 0.15) is 6.54 Å². The van der Waals surface area contributed by atoms with Crippen LogP contribution in [0.1, 0.15) is 38.2 Å². The van der Waals surface area contributed by atoms with Crippen LogP contribution in [0.3, 0.4) is 0 Å². The van der Waals surface area contributed by atoms with E-state index in [4.69, 9.17) is 5.11 Å². The van der Waals surface area contributed by atoms with Gasteiger partial charge in [0, 0.05) is 11.7 Å². The molecular formula is C16H23NO2. The largest absolute Gasteiger partial charge is 0.480 e. The molecule has 1 unspecified atom stereocenters. The van der Waals surface area contributed by atoms with Gasteiger partial charge in [-0.05, 0) is 38.3 Å². The number of aryl methyl sites for hydroxylation is 1. The van der Waals surface area contributed by atoms with Crippen LogP contribution < -0.4 is 4.90 Å². The monoisotopic (exact) mass is 261 g/mol. The summed E-state index contributed by atoms with van der Waals surface area (Å²) in [5, 5.41) is 9.11. The Morgan fingerprint density at radius 1 is 1.37 bits per heavy atom. The van der Waals surface area contributed by atoms with E-state index in [9.17, 15) is 4.79 Å². The standard InChI is InChI=1S/C16H23NO2/c1-12-6-8-15(9-7-12)17(11-16(18)19)13(2)10-14-4-3-5-14/h6-9,13-14H,3-5,10-11H2,1-2H3,(H,18,19). The van der Waals surface area contributed by atoms with E-state index >= 15 is 0 Å². The van der Waals surface area contributed by atoms with E-state index in [1.54, 1.807) is 0 Å². The summed E-state index contributed by atoms with van der Waals surface area (Å²) in [6.07, 6.45) is 5.04. The summed E-state index contributed by atoms with van der Waals surface area (Å²) in [7, 11) is 0. The van der Waals surface area contributed by atoms with Crippen molar-refractivity contribution in [3.8, 4) is 0 Å². The summed E-state index contributed by atoms with van der Waals surface area (Å²) in [5.41, 5.74) is 2.21. The lowest BCUT2D eigenvalue weighted by Crippen LogP contribution is -2.39. The number of hydrogen-bond acceptors (Lipinski definition) is 2. The molecule has 3 nitrogen and oxygen atoms in total. The molecule has 0 radical (unpaired) electrons. The molecule has 19 heavy (non-hydrogen) atoms. The van der Waals surface area contributed by atoms with E-state index in [1.165, 1.54) is 24.8 Å². The van der Waals surface area contributed by atoms with Crippen LogP contribution in [-0.4, -0.2) is 23.7 Å². The Morgan fingerprint density at radius 2 is 2.00 bits per heavy atom. The zero-order valence-electron chi connectivity index (χ0n) is 11.8. The maximum absolute atomic E-state index is 11.1. The number of anilines is 1. The van der Waals surface area contributed by atoms with Crippen LogP contribution in [0.2, 0.25) is 0 Å². The van der Waals surface area contributed by atoms with Crippen LogP contribution in [0.25, 0.3) is 0 Å². The first-order valence-electron chi connectivity index (χ1n) is 7.11. The zero-order chi connectivity index (χ0) is 13.8. The second-order valence-corrected chi connectivity index (χ2v) is 5.74. The summed E-state index contributed by atoms with van der Waals surface area (Å²) >= 11 is 0. The molecule has 3 heteroatoms. The van der Waals surface area contributed by atoms with Crippen molar-refractivity contribution in [1.82, 2.24) is 0 Å². The molecule has 0 saturated heterocycles. The van der Waals surface area contributed by atoms with Gasteiger partial charge in [0.25, 0.3) is 0 Å². The van der Waals surface area contributed by atoms with E-state index < -0.39 is 5.97 Å². The number of aliphatic carboxylic acids is 1. The molecule has 0 amide bonds. The van der Waals surface area contributed by atoms with Crippen molar-refractivity contribution in [2.75, 3.05) is 11.4 Å². The maximum atomic E-state index is 11.1. The first-order valence-corrected chi connectivity index (χ1v) is 7.11. The molecule has 1 fully saturated rings. The predicted molar refractivity (Wildman–Crippen MR) is 77.6 cm³/mol. The smallest absolute Gasteiger partial charge is 0.323 e. The highest BCUT2D eigenvalue weighted by atomic mass is 16.4. The van der Waals surface area contributed by atoms with Gasteiger partial charge in [0.15, 0.2) is 0 Å². The average molecular weight is 261 g/mol. The highest BCUT2D eigenvalue weighted by Gasteiger charge is 2.24. The molecule has 0 aromatic heterocycles. The molecule has 1 aliphatic carbocycles. The van der Waals surface area contributed by atoms with Crippen molar-refractivity contribution in [3.05, 3.63) is 29.8 Å². The van der Waals surface area contributed by atoms with E-state index in [1.807, 2.05) is 36.1 Å². The third kappa shape index (κ3) is 3.72. The van der Waals surface area contributed by atoms with Gasteiger partial charge in [-0.25, -0.2) is 0 Å². The van der Waals surface area contributed by atoms with Crippen molar-refractivity contribution >= 4 is 11.7 Å². The van der Waals surface area contributed by atoms with Crippen molar-refractivity contribution in [3.63, 3.8) is 0 Å². The minimum absolute atomic E-state index is 0.0803. The molecule has 0 aliphatic heterocycles. The lowest BCUT2D eigenvalue weighted by molar-refractivity contribution is -0.135. The van der Waals surface area contributed by atoms with Crippen molar-refractivity contribution < 1.29 is 9.90 Å². The highest BCUT2D eigenvalue weighted by molar-refractivity contribution is 5.74. The van der Waals surface area contributed by atoms with Crippen LogP contribution in [0, 0.1) is 12.8 Å². The summed E-state index contributed by atoms with van der Waals surface area (Å²) in [4.78, 5) is 13.1. The second kappa shape index (κ2) is 6.09. The molecule has 2 rings (SSSR count). The summed E-state index contributed by atoms with van der Waals surface area (Å²) in [6, 6.07) is 8.41. The van der Waals surface area contributed by atoms with E-state index in [0.717, 1.165) is 18.0 Å². The Morgan fingerprint density at radius 3 is 2.47 bits per heavy atom. The zero-order valence-corrected chi connectivity index (χ0v) is 11.8. The maximum Gasteiger partial charge on any atom is 0.323 e. The van der Waals surface area contributed by atoms with Crippen molar-refractivity contribution in [2.45, 2.75) is 45.6 Å². The topological polar surface area (TPSA) is 40.5 Å². The minimum Gasteiger partial charge on any atom is -0.480 e.